The molecule has 6 aliphatic heterocycles. The Morgan fingerprint density at radius 3 is 1.24 bits per heavy atom. The maximum Gasteiger partial charge on any atom is 0.409 e. The number of carbonyl (C=O) groups excluding carboxylic acids is 3. The third-order valence-electron chi connectivity index (χ3n) is 34.4. The van der Waals surface area contributed by atoms with E-state index in [1.807, 2.05) is 48.2 Å². The van der Waals surface area contributed by atoms with E-state index >= 15 is 0 Å². The van der Waals surface area contributed by atoms with Crippen LogP contribution >= 0.6 is 11.6 Å². The summed E-state index contributed by atoms with van der Waals surface area (Å²) in [5.74, 6) is 5.73. The third-order valence-corrected chi connectivity index (χ3v) is 34.5. The van der Waals surface area contributed by atoms with E-state index in [-0.39, 0.29) is 91.0 Å². The minimum absolute atomic E-state index is 0.00105. The molecule has 5 aromatic carbocycles. The molecule has 6 heterocycles. The van der Waals surface area contributed by atoms with Gasteiger partial charge in [-0.1, -0.05) is 117 Å². The van der Waals surface area contributed by atoms with Crippen LogP contribution in [0.4, 0.5) is 10.5 Å². The van der Waals surface area contributed by atoms with Crippen LogP contribution in [0.5, 0.6) is 40.2 Å². The van der Waals surface area contributed by atoms with Crippen molar-refractivity contribution in [3.05, 3.63) is 130 Å². The molecule has 0 aromatic heterocycles. The smallest absolute Gasteiger partial charge is 0.409 e. The summed E-state index contributed by atoms with van der Waals surface area (Å²) < 4.78 is 62.9. The summed E-state index contributed by atoms with van der Waals surface area (Å²) in [6.07, 6.45) is 15.1. The molecule has 0 radical (unpaired) electrons. The van der Waals surface area contributed by atoms with Crippen molar-refractivity contribution in [3.63, 3.8) is 0 Å². The molecule has 5 aromatic rings. The standard InChI is InChI=1S/C32H41NO4.C27H39NO4.C26H37NO4.C7H5ClO2.CO2/c1-28(2,3)29(4,34)23-19-30-14-15-32(23,36-6)27-31(30)16-17-33(21-10-8-7-9-11-21)24(30)18-20-12-13-22(35-5)26(37-27)25(20)31;1-23(2,3)24(4,29)18-15-25-10-11-27(18,31-7)22-26(25)12-13-28(5)19(25)14-16-8-9-17(30-6)21(32-22)20(16)26;1-22(2,3)23(4,28)17-14-24-9-10-26(17,30-6)21-25(24)11-12-27-18(24)13-15-7-8-16(29-5)20(31-21)19(15)25;8-7(9)10-6-4-2-1-3-5-6;2-1-3/h7-13,23-24,27,34H,14-19H2,1-6H3;8-9,18-19,22,29H,10-15H2,1-7H3;7-8,17-18,21,27-28H,9-14H2,1-6H3;1-5H;/t23-,24?,27?,29+,30-,31+,32-;18-,19?,22?,24+,25-,26+,27-;17-,18?,21?,23+,24-,25+,26-;;/m111../s1. The van der Waals surface area contributed by atoms with Gasteiger partial charge in [0.2, 0.25) is 0 Å². The van der Waals surface area contributed by atoms with Gasteiger partial charge in [-0.15, -0.1) is 0 Å². The second-order valence-electron chi connectivity index (χ2n) is 39.9. The van der Waals surface area contributed by atoms with E-state index in [1.165, 1.54) is 39.1 Å². The average molecular weight is 1570 g/mol. The van der Waals surface area contributed by atoms with Crippen molar-refractivity contribution < 1.29 is 77.1 Å². The van der Waals surface area contributed by atoms with Gasteiger partial charge in [-0.25, -0.2) is 4.79 Å². The van der Waals surface area contributed by atoms with E-state index in [4.69, 9.17) is 63.8 Å². The fraction of sp³-hybridized carbons (Fsp3) is 0.656. The molecule has 12 fully saturated rings. The van der Waals surface area contributed by atoms with Gasteiger partial charge in [0, 0.05) is 130 Å². The number of fused-ring (bicyclic) bond motifs is 6. The summed E-state index contributed by atoms with van der Waals surface area (Å²) in [5.41, 5.74) is 3.62. The Labute approximate surface area is 673 Å². The summed E-state index contributed by atoms with van der Waals surface area (Å²) in [4.78, 5) is 31.7. The zero-order valence-corrected chi connectivity index (χ0v) is 70.8. The van der Waals surface area contributed by atoms with Gasteiger partial charge in [0.05, 0.1) is 38.1 Å². The maximum atomic E-state index is 12.3. The molecular weight excluding hydrogens is 1450 g/mol. The minimum atomic E-state index is -0.924. The lowest BCUT2D eigenvalue weighted by Gasteiger charge is -2.75. The van der Waals surface area contributed by atoms with Crippen LogP contribution in [-0.4, -0.2) is 171 Å². The van der Waals surface area contributed by atoms with Crippen LogP contribution in [-0.2, 0) is 59.3 Å². The van der Waals surface area contributed by atoms with Crippen LogP contribution in [0.2, 0.25) is 0 Å². The van der Waals surface area contributed by atoms with Gasteiger partial charge >= 0.3 is 11.6 Å². The molecule has 19 nitrogen and oxygen atoms in total. The van der Waals surface area contributed by atoms with Gasteiger partial charge < -0.3 is 77.8 Å². The molecule has 6 spiro atoms. The Morgan fingerprint density at radius 1 is 0.478 bits per heavy atom. The highest BCUT2D eigenvalue weighted by Gasteiger charge is 2.86. The quantitative estimate of drug-likeness (QED) is 0.0903. The summed E-state index contributed by atoms with van der Waals surface area (Å²) in [6, 6.07) is 33.9. The lowest BCUT2D eigenvalue weighted by molar-refractivity contribution is -0.311. The number of para-hydroxylation sites is 2. The third kappa shape index (κ3) is 10.2. The SMILES string of the molecule is COc1ccc2c3c1OC1[C@@]4(OC)CC[C@@]5(C[C@@H]4[C@](C)(O)C(C)(C)C)C(C2)N(C)CC[C@]315.COc1ccc2c3c1OC1[C@@]4(OC)CC[C@@]5(C[C@@H]4[C@](C)(O)C(C)(C)C)C(C2)N(c2ccccc2)CC[C@]315.COc1ccc2c3c1OC1[C@@]4(OC)CC[C@@]5(C[C@@H]4[C@](C)(O)C(C)(C)C)C(C2)NCC[C@]315.O=C(Cl)Oc1ccccc1.O=C=O. The van der Waals surface area contributed by atoms with Crippen molar-refractivity contribution in [3.8, 4) is 40.2 Å². The van der Waals surface area contributed by atoms with Crippen LogP contribution in [0.1, 0.15) is 194 Å². The number of benzene rings is 5. The van der Waals surface area contributed by atoms with E-state index in [0.717, 1.165) is 150 Å². The number of halogens is 1. The number of likely N-dealkylation sites (N-methyl/N-ethyl adjacent to an activating group) is 1. The topological polar surface area (TPSA) is 223 Å². The second kappa shape index (κ2) is 26.8. The van der Waals surface area contributed by atoms with Gasteiger partial charge in [0.1, 0.15) is 40.9 Å². The van der Waals surface area contributed by atoms with Crippen molar-refractivity contribution in [2.75, 3.05) is 74.2 Å². The predicted octanol–water partition coefficient (Wildman–Crippen LogP) is 14.9. The number of rotatable bonds is 11. The molecule has 12 bridgehead atoms. The number of anilines is 1. The molecule has 6 unspecified atom stereocenters. The molecule has 20 heteroatoms. The molecule has 21 atom stereocenters. The number of nitrogens with one attached hydrogen (secondary N) is 1. The van der Waals surface area contributed by atoms with E-state index in [1.54, 1.807) is 45.6 Å². The lowest BCUT2D eigenvalue weighted by Crippen LogP contribution is -2.83. The van der Waals surface area contributed by atoms with E-state index in [9.17, 15) is 20.1 Å². The predicted molar refractivity (Wildman–Crippen MR) is 430 cm³/mol. The monoisotopic (exact) mass is 1570 g/mol. The zero-order valence-electron chi connectivity index (χ0n) is 70.1. The highest BCUT2D eigenvalue weighted by Crippen LogP contribution is 2.82. The fourth-order valence-electron chi connectivity index (χ4n) is 28.0. The van der Waals surface area contributed by atoms with Crippen molar-refractivity contribution >= 4 is 28.9 Å². The number of methoxy groups -OCH3 is 6. The minimum Gasteiger partial charge on any atom is -0.493 e. The van der Waals surface area contributed by atoms with Crippen molar-refractivity contribution in [1.82, 2.24) is 10.2 Å². The normalized spacial score (nSPS) is 37.8. The number of aliphatic hydroxyl groups is 3. The number of hydrogen-bond acceptors (Lipinski definition) is 19. The molecule has 18 aliphatic rings. The van der Waals surface area contributed by atoms with Crippen molar-refractivity contribution in [2.24, 2.45) is 50.2 Å². The molecule has 12 aliphatic carbocycles. The van der Waals surface area contributed by atoms with Crippen molar-refractivity contribution in [1.29, 1.82) is 0 Å². The van der Waals surface area contributed by atoms with E-state index in [2.05, 4.69) is 156 Å². The molecular formula is C93H122ClN3O16. The Kier molecular flexibility index (Phi) is 19.0. The lowest BCUT2D eigenvalue weighted by atomic mass is 9.33. The maximum absolute atomic E-state index is 12.3. The Balaban J connectivity index is 0.000000119. The Hall–Kier alpha value is -6.48. The number of likely N-dealkylation sites (tertiary alicyclic amines) is 1. The second-order valence-corrected chi connectivity index (χ2v) is 40.2. The first-order valence-corrected chi connectivity index (χ1v) is 41.9. The average Bonchev–Trinajstić information content (AvgIpc) is 1.57. The Bertz CT molecular complexity index is 4570. The molecule has 612 valence electrons. The molecule has 0 amide bonds. The molecule has 23 rings (SSSR count). The Morgan fingerprint density at radius 2 is 0.841 bits per heavy atom. The first kappa shape index (κ1) is 80.3. The number of piperidine rings is 3. The molecule has 9 saturated carbocycles. The van der Waals surface area contributed by atoms with E-state index < -0.39 is 39.0 Å². The number of hydrogen-bond donors (Lipinski definition) is 4. The van der Waals surface area contributed by atoms with Crippen LogP contribution in [0.3, 0.4) is 0 Å². The largest absolute Gasteiger partial charge is 0.493 e. The molecule has 113 heavy (non-hydrogen) atoms. The number of ether oxygens (including phenoxy) is 10. The highest BCUT2D eigenvalue weighted by molar-refractivity contribution is 6.61. The fourth-order valence-corrected chi connectivity index (χ4v) is 28.1. The highest BCUT2D eigenvalue weighted by atomic mass is 35.5. The van der Waals surface area contributed by atoms with Crippen molar-refractivity contribution in [2.45, 2.75) is 266 Å². The van der Waals surface area contributed by atoms with Crippen LogP contribution < -0.4 is 43.4 Å². The number of carbonyl (C=O) groups is 1. The first-order valence-electron chi connectivity index (χ1n) is 41.5. The van der Waals surface area contributed by atoms with Gasteiger partial charge in [-0.2, -0.15) is 9.59 Å². The summed E-state index contributed by atoms with van der Waals surface area (Å²) in [5, 5.41) is 40.4. The van der Waals surface area contributed by atoms with Gasteiger partial charge in [-0.3, -0.25) is 0 Å². The van der Waals surface area contributed by atoms with Gasteiger partial charge in [0.15, 0.2) is 34.5 Å². The van der Waals surface area contributed by atoms with Gasteiger partial charge in [-0.05, 0) is 213 Å². The van der Waals surface area contributed by atoms with E-state index in [0.29, 0.717) is 23.9 Å². The van der Waals surface area contributed by atoms with Crippen LogP contribution in [0.25, 0.3) is 0 Å². The summed E-state index contributed by atoms with van der Waals surface area (Å²) >= 11 is 4.95. The van der Waals surface area contributed by atoms with Crippen LogP contribution in [0.15, 0.2) is 97.1 Å². The number of nitrogens with zero attached hydrogens (tertiary/aromatic N) is 2. The van der Waals surface area contributed by atoms with Gasteiger partial charge in [0.25, 0.3) is 0 Å². The molecule has 3 saturated heterocycles. The molecule has 4 N–H and O–H groups in total. The van der Waals surface area contributed by atoms with Crippen LogP contribution in [0, 0.1) is 50.2 Å². The zero-order chi connectivity index (χ0) is 81.0. The summed E-state index contributed by atoms with van der Waals surface area (Å²) in [7, 11) is 13.1. The first-order chi connectivity index (χ1) is 53.4. The summed E-state index contributed by atoms with van der Waals surface area (Å²) in [6.45, 7) is 28.6.